The summed E-state index contributed by atoms with van der Waals surface area (Å²) in [5, 5.41) is 11.2. The van der Waals surface area contributed by atoms with Gasteiger partial charge in [0.1, 0.15) is 17.9 Å². The van der Waals surface area contributed by atoms with Crippen LogP contribution in [0, 0.1) is 0 Å². The average Bonchev–Trinajstić information content (AvgIpc) is 3.19. The van der Waals surface area contributed by atoms with Gasteiger partial charge in [0.2, 0.25) is 0 Å². The molecule has 0 saturated carbocycles. The first-order chi connectivity index (χ1) is 13.7. The van der Waals surface area contributed by atoms with E-state index in [0.717, 1.165) is 6.08 Å². The fraction of sp³-hybridized carbons (Fsp3) is 0.526. The maximum atomic E-state index is 14.9. The minimum absolute atomic E-state index is 0.0318. The van der Waals surface area contributed by atoms with Gasteiger partial charge in [-0.3, -0.25) is 9.36 Å². The monoisotopic (exact) mass is 433 g/mol. The molecule has 29 heavy (non-hydrogen) atoms. The molecule has 7 nitrogen and oxygen atoms in total. The Balaban J connectivity index is 2.20. The Labute approximate surface area is 168 Å². The third-order valence-electron chi connectivity index (χ3n) is 4.24. The molecule has 1 fully saturated rings. The number of alkyl halides is 2. The molecule has 0 aromatic heterocycles. The highest BCUT2D eigenvalue weighted by atomic mass is 31.2. The van der Waals surface area contributed by atoms with Crippen LogP contribution >= 0.6 is 7.52 Å². The molecule has 2 N–H and O–H groups in total. The van der Waals surface area contributed by atoms with Crippen LogP contribution in [0.4, 0.5) is 8.78 Å². The van der Waals surface area contributed by atoms with Crippen molar-refractivity contribution in [1.82, 2.24) is 5.09 Å². The lowest BCUT2D eigenvalue weighted by Gasteiger charge is -2.29. The van der Waals surface area contributed by atoms with Gasteiger partial charge >= 0.3 is 19.2 Å². The number of hydrogen-bond donors (Lipinski definition) is 2. The van der Waals surface area contributed by atoms with Crippen LogP contribution in [0.25, 0.3) is 0 Å². The zero-order valence-corrected chi connectivity index (χ0v) is 17.2. The van der Waals surface area contributed by atoms with Gasteiger partial charge in [0.15, 0.2) is 0 Å². The number of halogens is 2. The fourth-order valence-electron chi connectivity index (χ4n) is 2.48. The van der Waals surface area contributed by atoms with Crippen LogP contribution in [0.1, 0.15) is 26.7 Å². The van der Waals surface area contributed by atoms with Crippen molar-refractivity contribution >= 4 is 13.5 Å². The summed E-state index contributed by atoms with van der Waals surface area (Å²) in [4.78, 5) is 12.3. The predicted octanol–water partition coefficient (Wildman–Crippen LogP) is 3.49. The van der Waals surface area contributed by atoms with Gasteiger partial charge in [0.25, 0.3) is 0 Å². The second-order valence-corrected chi connectivity index (χ2v) is 9.01. The lowest BCUT2D eigenvalue weighted by Crippen LogP contribution is -2.40. The van der Waals surface area contributed by atoms with E-state index >= 15 is 0 Å². The first kappa shape index (κ1) is 23.5. The number of carbonyl (C=O) groups is 1. The summed E-state index contributed by atoms with van der Waals surface area (Å²) in [6.07, 6.45) is 0.200. The molecule has 1 heterocycles. The summed E-state index contributed by atoms with van der Waals surface area (Å²) in [5.41, 5.74) is -3.55. The van der Waals surface area contributed by atoms with E-state index in [-0.39, 0.29) is 12.4 Å². The molecule has 0 bridgehead atoms. The number of aliphatic hydroxyl groups is 1. The number of rotatable bonds is 10. The molecule has 0 radical (unpaired) electrons. The quantitative estimate of drug-likeness (QED) is 0.331. The van der Waals surface area contributed by atoms with E-state index < -0.39 is 44.3 Å². The molecule has 3 atom stereocenters. The third-order valence-corrected chi connectivity index (χ3v) is 6.48. The molecule has 1 aliphatic heterocycles. The second kappa shape index (κ2) is 10.3. The number of hydrogen-bond acceptors (Lipinski definition) is 6. The van der Waals surface area contributed by atoms with E-state index in [0.29, 0.717) is 18.6 Å². The normalized spacial score (nSPS) is 20.7. The number of aliphatic hydroxyl groups excluding tert-OH is 1. The topological polar surface area (TPSA) is 94.1 Å². The van der Waals surface area contributed by atoms with Crippen LogP contribution in [-0.2, 0) is 18.8 Å². The second-order valence-electron chi connectivity index (χ2n) is 6.81. The van der Waals surface area contributed by atoms with E-state index in [9.17, 15) is 18.1 Å². The molecule has 10 heteroatoms. The lowest BCUT2D eigenvalue weighted by molar-refractivity contribution is -0.150. The first-order valence-corrected chi connectivity index (χ1v) is 10.8. The van der Waals surface area contributed by atoms with Crippen LogP contribution in [0.5, 0.6) is 5.75 Å². The Kier molecular flexibility index (Phi) is 8.34. The number of esters is 1. The van der Waals surface area contributed by atoms with Crippen molar-refractivity contribution in [3.63, 3.8) is 0 Å². The molecule has 1 saturated heterocycles. The maximum Gasteiger partial charge on any atom is 0.386 e. The average molecular weight is 433 g/mol. The number of benzene rings is 1. The van der Waals surface area contributed by atoms with Gasteiger partial charge in [-0.15, -0.1) is 0 Å². The summed E-state index contributed by atoms with van der Waals surface area (Å²) >= 11 is 0. The Morgan fingerprint density at radius 1 is 1.45 bits per heavy atom. The molecule has 1 aliphatic rings. The summed E-state index contributed by atoms with van der Waals surface area (Å²) in [5.74, 6) is -0.856. The van der Waals surface area contributed by atoms with Gasteiger partial charge in [0, 0.05) is 12.8 Å². The van der Waals surface area contributed by atoms with E-state index in [4.69, 9.17) is 19.1 Å². The Hall–Kier alpha value is -1.80. The van der Waals surface area contributed by atoms with Crippen molar-refractivity contribution in [2.24, 2.45) is 0 Å². The van der Waals surface area contributed by atoms with Crippen molar-refractivity contribution < 1.29 is 37.2 Å². The van der Waals surface area contributed by atoms with Gasteiger partial charge in [-0.1, -0.05) is 29.8 Å². The Morgan fingerprint density at radius 2 is 2.14 bits per heavy atom. The van der Waals surface area contributed by atoms with Crippen LogP contribution in [0.2, 0.25) is 0 Å². The van der Waals surface area contributed by atoms with E-state index in [2.05, 4.69) is 5.09 Å². The van der Waals surface area contributed by atoms with Crippen LogP contribution in [0.3, 0.4) is 0 Å². The number of nitrogens with one attached hydrogen (secondary N) is 1. The van der Waals surface area contributed by atoms with Crippen molar-refractivity contribution in [1.29, 1.82) is 0 Å². The standard InChI is InChI=1S/C19H26F2NO6P/c1-14(12-23)8-10-19(20,21)29(25,28-16-6-4-3-5-7-16)22-15(2)18(24)27-17-9-11-26-13-17/h3-8,15,17,23H,9-13H2,1-2H3,(H,22,25)/b14-8+/t15-,17+,29?/m0/s1. The zero-order valence-electron chi connectivity index (χ0n) is 16.3. The summed E-state index contributed by atoms with van der Waals surface area (Å²) in [7, 11) is -4.91. The van der Waals surface area contributed by atoms with E-state index in [1.54, 1.807) is 18.2 Å². The summed E-state index contributed by atoms with van der Waals surface area (Å²) in [6.45, 7) is 3.03. The molecule has 2 rings (SSSR count). The Morgan fingerprint density at radius 3 is 2.72 bits per heavy atom. The van der Waals surface area contributed by atoms with E-state index in [1.807, 2.05) is 0 Å². The van der Waals surface area contributed by atoms with Crippen LogP contribution in [0.15, 0.2) is 42.0 Å². The molecule has 1 aromatic carbocycles. The molecule has 162 valence electrons. The van der Waals surface area contributed by atoms with Crippen molar-refractivity contribution in [3.05, 3.63) is 42.0 Å². The van der Waals surface area contributed by atoms with Gasteiger partial charge in [-0.25, -0.2) is 5.09 Å². The smallest absolute Gasteiger partial charge is 0.386 e. The van der Waals surface area contributed by atoms with Crippen molar-refractivity contribution in [3.8, 4) is 5.75 Å². The largest absolute Gasteiger partial charge is 0.459 e. The predicted molar refractivity (Wildman–Crippen MR) is 103 cm³/mol. The fourth-order valence-corrected chi connectivity index (χ4v) is 4.22. The first-order valence-electron chi connectivity index (χ1n) is 9.22. The minimum Gasteiger partial charge on any atom is -0.459 e. The van der Waals surface area contributed by atoms with Crippen molar-refractivity contribution in [2.75, 3.05) is 19.8 Å². The molecule has 0 amide bonds. The highest BCUT2D eigenvalue weighted by Crippen LogP contribution is 2.59. The molecule has 1 aromatic rings. The summed E-state index contributed by atoms with van der Waals surface area (Å²) < 4.78 is 58.6. The number of carbonyl (C=O) groups excluding carboxylic acids is 1. The Bertz CT molecular complexity index is 752. The van der Waals surface area contributed by atoms with Crippen LogP contribution in [-0.4, -0.2) is 48.7 Å². The molecular formula is C19H26F2NO6P. The van der Waals surface area contributed by atoms with Gasteiger partial charge in [-0.2, -0.15) is 8.78 Å². The zero-order chi connectivity index (χ0) is 21.5. The number of allylic oxidation sites excluding steroid dienone is 1. The van der Waals surface area contributed by atoms with Gasteiger partial charge < -0.3 is 19.1 Å². The SMILES string of the molecule is C/C(=C\CC(F)(F)P(=O)(N[C@@H](C)C(=O)O[C@@H]1CCOC1)Oc1ccccc1)CO. The maximum absolute atomic E-state index is 14.9. The minimum atomic E-state index is -4.91. The van der Waals surface area contributed by atoms with E-state index in [1.165, 1.54) is 26.0 Å². The summed E-state index contributed by atoms with van der Waals surface area (Å²) in [6, 6.07) is 6.21. The third kappa shape index (κ3) is 6.60. The highest BCUT2D eigenvalue weighted by Gasteiger charge is 2.53. The lowest BCUT2D eigenvalue weighted by atomic mass is 10.2. The molecular weight excluding hydrogens is 407 g/mol. The molecule has 0 aliphatic carbocycles. The van der Waals surface area contributed by atoms with Gasteiger partial charge in [0.05, 0.1) is 19.8 Å². The molecule has 0 spiro atoms. The number of ether oxygens (including phenoxy) is 2. The highest BCUT2D eigenvalue weighted by molar-refractivity contribution is 7.58. The number of para-hydroxylation sites is 1. The molecule has 1 unspecified atom stereocenters. The van der Waals surface area contributed by atoms with Crippen molar-refractivity contribution in [2.45, 2.75) is 44.5 Å². The van der Waals surface area contributed by atoms with Gasteiger partial charge in [-0.05, 0) is 26.0 Å². The van der Waals surface area contributed by atoms with Crippen LogP contribution < -0.4 is 9.61 Å².